The zero-order valence-corrected chi connectivity index (χ0v) is 17.3. The van der Waals surface area contributed by atoms with Crippen LogP contribution in [-0.4, -0.2) is 29.2 Å². The van der Waals surface area contributed by atoms with Crippen LogP contribution in [0, 0.1) is 10.8 Å². The number of rotatable bonds is 9. The minimum Gasteiger partial charge on any atom is -0.346 e. The number of hydrogen-bond acceptors (Lipinski definition) is 3. The number of allylic oxidation sites excluding steroid dienone is 3. The third-order valence-electron chi connectivity index (χ3n) is 3.27. The highest BCUT2D eigenvalue weighted by molar-refractivity contribution is 7.99. The van der Waals surface area contributed by atoms with Gasteiger partial charge in [-0.25, -0.2) is 0 Å². The predicted octanol–water partition coefficient (Wildman–Crippen LogP) is 4.78. The zero-order chi connectivity index (χ0) is 18.8. The van der Waals surface area contributed by atoms with Gasteiger partial charge in [0.05, 0.1) is 6.04 Å². The molecule has 24 heavy (non-hydrogen) atoms. The van der Waals surface area contributed by atoms with Gasteiger partial charge in [-0.15, -0.1) is 0 Å². The van der Waals surface area contributed by atoms with Crippen molar-refractivity contribution >= 4 is 23.5 Å². The average Bonchev–Trinajstić information content (AvgIpc) is 2.40. The molecular formula is C20H35NO2S. The number of thioether (sulfide) groups is 1. The van der Waals surface area contributed by atoms with E-state index in [1.807, 2.05) is 20.8 Å². The first kappa shape index (κ1) is 23.0. The lowest BCUT2D eigenvalue weighted by Gasteiger charge is -2.24. The van der Waals surface area contributed by atoms with Gasteiger partial charge in [0.25, 0.3) is 0 Å². The fraction of sp³-hybridized carbons (Fsp3) is 0.700. The molecule has 0 rings (SSSR count). The van der Waals surface area contributed by atoms with E-state index in [2.05, 4.69) is 50.4 Å². The second kappa shape index (κ2) is 10.8. The van der Waals surface area contributed by atoms with Gasteiger partial charge >= 0.3 is 0 Å². The Balaban J connectivity index is 4.18. The highest BCUT2D eigenvalue weighted by Crippen LogP contribution is 2.20. The maximum atomic E-state index is 12.4. The number of ketones is 1. The van der Waals surface area contributed by atoms with E-state index in [0.29, 0.717) is 11.2 Å². The molecule has 0 aliphatic heterocycles. The van der Waals surface area contributed by atoms with Crippen molar-refractivity contribution in [1.82, 2.24) is 5.32 Å². The van der Waals surface area contributed by atoms with E-state index in [4.69, 9.17) is 0 Å². The molecule has 138 valence electrons. The summed E-state index contributed by atoms with van der Waals surface area (Å²) in [5.74, 6) is 1.39. The van der Waals surface area contributed by atoms with E-state index in [1.165, 1.54) is 6.92 Å². The molecular weight excluding hydrogens is 318 g/mol. The smallest absolute Gasteiger partial charge is 0.217 e. The Kier molecular flexibility index (Phi) is 10.3. The maximum Gasteiger partial charge on any atom is 0.217 e. The SMILES string of the molecule is CC(=O)N[C@H](CSC/C=C\C/C=C\CC(C)(C)C)C(=O)C(C)(C)C. The summed E-state index contributed by atoms with van der Waals surface area (Å²) in [4.78, 5) is 23.7. The molecule has 1 atom stereocenters. The first-order valence-corrected chi connectivity index (χ1v) is 9.78. The largest absolute Gasteiger partial charge is 0.346 e. The van der Waals surface area contributed by atoms with Gasteiger partial charge in [0.1, 0.15) is 0 Å². The van der Waals surface area contributed by atoms with Crippen LogP contribution < -0.4 is 5.32 Å². The molecule has 0 aliphatic rings. The number of nitrogens with one attached hydrogen (secondary N) is 1. The van der Waals surface area contributed by atoms with Crippen LogP contribution in [0.2, 0.25) is 0 Å². The Morgan fingerprint density at radius 1 is 1.00 bits per heavy atom. The number of Topliss-reactive ketones (excluding diaryl/α,β-unsaturated/α-hetero) is 1. The highest BCUT2D eigenvalue weighted by Gasteiger charge is 2.29. The van der Waals surface area contributed by atoms with Gasteiger partial charge in [-0.1, -0.05) is 65.8 Å². The van der Waals surface area contributed by atoms with Gasteiger partial charge in [0.15, 0.2) is 5.78 Å². The van der Waals surface area contributed by atoms with Crippen LogP contribution in [0.5, 0.6) is 0 Å². The molecule has 0 aromatic heterocycles. The monoisotopic (exact) mass is 353 g/mol. The van der Waals surface area contributed by atoms with Crippen LogP contribution in [0.4, 0.5) is 0 Å². The van der Waals surface area contributed by atoms with Crippen LogP contribution in [-0.2, 0) is 9.59 Å². The fourth-order valence-electron chi connectivity index (χ4n) is 1.98. The zero-order valence-electron chi connectivity index (χ0n) is 16.4. The molecule has 0 aliphatic carbocycles. The molecule has 0 aromatic carbocycles. The second-order valence-electron chi connectivity index (χ2n) is 8.35. The molecule has 3 nitrogen and oxygen atoms in total. The summed E-state index contributed by atoms with van der Waals surface area (Å²) in [7, 11) is 0. The minimum atomic E-state index is -0.443. The molecule has 0 saturated carbocycles. The summed E-state index contributed by atoms with van der Waals surface area (Å²) in [6.45, 7) is 13.8. The predicted molar refractivity (Wildman–Crippen MR) is 106 cm³/mol. The quantitative estimate of drug-likeness (QED) is 0.479. The summed E-state index contributed by atoms with van der Waals surface area (Å²) >= 11 is 1.67. The molecule has 0 aromatic rings. The van der Waals surface area contributed by atoms with E-state index in [1.54, 1.807) is 11.8 Å². The lowest BCUT2D eigenvalue weighted by atomic mass is 9.87. The molecule has 0 fully saturated rings. The van der Waals surface area contributed by atoms with Gasteiger partial charge in [-0.05, 0) is 18.3 Å². The lowest BCUT2D eigenvalue weighted by molar-refractivity contribution is -0.131. The summed E-state index contributed by atoms with van der Waals surface area (Å²) in [6, 6.07) is -0.410. The molecule has 0 saturated heterocycles. The van der Waals surface area contributed by atoms with Crippen molar-refractivity contribution in [1.29, 1.82) is 0 Å². The van der Waals surface area contributed by atoms with E-state index in [0.717, 1.165) is 18.6 Å². The molecule has 0 spiro atoms. The Hall–Kier alpha value is -1.03. The van der Waals surface area contributed by atoms with Gasteiger partial charge in [-0.2, -0.15) is 11.8 Å². The van der Waals surface area contributed by atoms with Crippen LogP contribution in [0.3, 0.4) is 0 Å². The molecule has 1 N–H and O–H groups in total. The molecule has 0 unspecified atom stereocenters. The first-order valence-electron chi connectivity index (χ1n) is 8.62. The van der Waals surface area contributed by atoms with Crippen molar-refractivity contribution in [2.75, 3.05) is 11.5 Å². The van der Waals surface area contributed by atoms with E-state index >= 15 is 0 Å². The van der Waals surface area contributed by atoms with Crippen molar-refractivity contribution in [3.8, 4) is 0 Å². The number of hydrogen-bond donors (Lipinski definition) is 1. The minimum absolute atomic E-state index is 0.0827. The first-order chi connectivity index (χ1) is 10.9. The molecule has 4 heteroatoms. The molecule has 0 heterocycles. The van der Waals surface area contributed by atoms with Gasteiger partial charge in [-0.3, -0.25) is 9.59 Å². The van der Waals surface area contributed by atoms with Gasteiger partial charge in [0.2, 0.25) is 5.91 Å². The molecule has 0 radical (unpaired) electrons. The van der Waals surface area contributed by atoms with Crippen LogP contribution in [0.25, 0.3) is 0 Å². The van der Waals surface area contributed by atoms with Crippen molar-refractivity contribution < 1.29 is 9.59 Å². The Morgan fingerprint density at radius 3 is 2.08 bits per heavy atom. The number of carbonyl (C=O) groups is 2. The topological polar surface area (TPSA) is 46.2 Å². The van der Waals surface area contributed by atoms with Gasteiger partial charge < -0.3 is 5.32 Å². The third-order valence-corrected chi connectivity index (χ3v) is 4.26. The highest BCUT2D eigenvalue weighted by atomic mass is 32.2. The van der Waals surface area contributed by atoms with Crippen molar-refractivity contribution in [2.45, 2.75) is 67.3 Å². The number of amides is 1. The van der Waals surface area contributed by atoms with E-state index < -0.39 is 11.5 Å². The normalized spacial score (nSPS) is 14.3. The molecule has 1 amide bonds. The number of carbonyl (C=O) groups excluding carboxylic acids is 2. The Labute approximate surface area is 152 Å². The molecule has 0 bridgehead atoms. The van der Waals surface area contributed by atoms with Crippen molar-refractivity contribution in [2.24, 2.45) is 10.8 Å². The van der Waals surface area contributed by atoms with Crippen LogP contribution in [0.1, 0.15) is 61.3 Å². The fourth-order valence-corrected chi connectivity index (χ4v) is 2.86. The second-order valence-corrected chi connectivity index (χ2v) is 9.42. The summed E-state index contributed by atoms with van der Waals surface area (Å²) in [5.41, 5.74) is -0.101. The van der Waals surface area contributed by atoms with Gasteiger partial charge in [0, 0.05) is 23.8 Å². The van der Waals surface area contributed by atoms with E-state index in [-0.39, 0.29) is 11.7 Å². The van der Waals surface area contributed by atoms with Crippen LogP contribution in [0.15, 0.2) is 24.3 Å². The summed E-state index contributed by atoms with van der Waals surface area (Å²) in [5, 5.41) is 2.77. The van der Waals surface area contributed by atoms with Crippen molar-refractivity contribution in [3.63, 3.8) is 0 Å². The van der Waals surface area contributed by atoms with Crippen LogP contribution >= 0.6 is 11.8 Å². The Morgan fingerprint density at radius 2 is 1.58 bits per heavy atom. The summed E-state index contributed by atoms with van der Waals surface area (Å²) < 4.78 is 0. The standard InChI is InChI=1S/C20H35NO2S/c1-16(22)21-17(18(23)20(5,6)7)15-24-14-12-10-8-9-11-13-19(2,3)4/h9-12,17H,8,13-15H2,1-7H3,(H,21,22)/b11-9-,12-10-/t17-/m1/s1. The summed E-state index contributed by atoms with van der Waals surface area (Å²) in [6.07, 6.45) is 10.7. The van der Waals surface area contributed by atoms with Crippen molar-refractivity contribution in [3.05, 3.63) is 24.3 Å². The van der Waals surface area contributed by atoms with E-state index in [9.17, 15) is 9.59 Å². The Bertz CT molecular complexity index is 453. The lowest BCUT2D eigenvalue weighted by Crippen LogP contribution is -2.46. The third kappa shape index (κ3) is 12.4. The average molecular weight is 354 g/mol. The maximum absolute atomic E-state index is 12.4.